The molecule has 0 bridgehead atoms. The Morgan fingerprint density at radius 3 is 2.81 bits per heavy atom. The number of hydrogen-bond donors (Lipinski definition) is 2. The highest BCUT2D eigenvalue weighted by Crippen LogP contribution is 2.25. The van der Waals surface area contributed by atoms with Gasteiger partial charge in [0.25, 0.3) is 0 Å². The first kappa shape index (κ1) is 11.2. The topological polar surface area (TPSA) is 51.2 Å². The molecule has 3 heteroatoms. The molecule has 86 valence electrons. The zero-order valence-corrected chi connectivity index (χ0v) is 9.77. The molecule has 0 aliphatic rings. The van der Waals surface area contributed by atoms with E-state index in [9.17, 15) is 5.11 Å². The van der Waals surface area contributed by atoms with Crippen LogP contribution in [0, 0.1) is 6.92 Å². The van der Waals surface area contributed by atoms with Gasteiger partial charge in [-0.1, -0.05) is 12.1 Å². The minimum absolute atomic E-state index is 0.470. The predicted molar refractivity (Wildman–Crippen MR) is 66.3 cm³/mol. The van der Waals surface area contributed by atoms with Crippen molar-refractivity contribution in [2.45, 2.75) is 19.4 Å². The highest BCUT2D eigenvalue weighted by molar-refractivity contribution is 5.82. The molecule has 3 N–H and O–H groups in total. The Hall–Kier alpha value is -1.32. The van der Waals surface area contributed by atoms with Crippen LogP contribution in [0.2, 0.25) is 0 Å². The Morgan fingerprint density at radius 1 is 1.38 bits per heavy atom. The van der Waals surface area contributed by atoms with Crippen LogP contribution in [-0.2, 0) is 7.05 Å². The van der Waals surface area contributed by atoms with Crippen LogP contribution < -0.4 is 5.73 Å². The van der Waals surface area contributed by atoms with Crippen molar-refractivity contribution in [2.24, 2.45) is 12.8 Å². The largest absolute Gasteiger partial charge is 0.387 e. The Bertz CT molecular complexity index is 502. The highest BCUT2D eigenvalue weighted by Gasteiger charge is 2.13. The molecular formula is C13H18N2O. The van der Waals surface area contributed by atoms with E-state index in [0.717, 1.165) is 11.2 Å². The van der Waals surface area contributed by atoms with E-state index in [1.54, 1.807) is 0 Å². The van der Waals surface area contributed by atoms with Crippen molar-refractivity contribution in [1.82, 2.24) is 4.57 Å². The van der Waals surface area contributed by atoms with Gasteiger partial charge in [-0.05, 0) is 43.0 Å². The third kappa shape index (κ3) is 1.84. The minimum Gasteiger partial charge on any atom is -0.387 e. The lowest BCUT2D eigenvalue weighted by Crippen LogP contribution is -2.09. The lowest BCUT2D eigenvalue weighted by molar-refractivity contribution is 0.162. The highest BCUT2D eigenvalue weighted by atomic mass is 16.3. The van der Waals surface area contributed by atoms with Gasteiger partial charge in [0.1, 0.15) is 0 Å². The van der Waals surface area contributed by atoms with Gasteiger partial charge in [0, 0.05) is 18.3 Å². The van der Waals surface area contributed by atoms with Gasteiger partial charge in [-0.15, -0.1) is 0 Å². The van der Waals surface area contributed by atoms with Crippen molar-refractivity contribution in [3.63, 3.8) is 0 Å². The summed E-state index contributed by atoms with van der Waals surface area (Å²) in [6, 6.07) is 8.34. The van der Waals surface area contributed by atoms with Crippen LogP contribution in [0.1, 0.15) is 23.8 Å². The Balaban J connectivity index is 2.51. The molecule has 0 fully saturated rings. The van der Waals surface area contributed by atoms with E-state index in [2.05, 4.69) is 25.1 Å². The van der Waals surface area contributed by atoms with Crippen molar-refractivity contribution in [3.05, 3.63) is 35.5 Å². The van der Waals surface area contributed by atoms with Crippen molar-refractivity contribution in [1.29, 1.82) is 0 Å². The lowest BCUT2D eigenvalue weighted by atomic mass is 10.1. The summed E-state index contributed by atoms with van der Waals surface area (Å²) in [5, 5.41) is 11.1. The smallest absolute Gasteiger partial charge is 0.0952 e. The standard InChI is InChI=1S/C13H18N2O/c1-9-3-4-10-8-12(13(16)5-6-14)15(2)11(10)7-9/h3-4,7-8,13,16H,5-6,14H2,1-2H3. The molecular weight excluding hydrogens is 200 g/mol. The number of aromatic nitrogens is 1. The van der Waals surface area contributed by atoms with Crippen LogP contribution in [0.4, 0.5) is 0 Å². The van der Waals surface area contributed by atoms with E-state index in [-0.39, 0.29) is 0 Å². The number of aliphatic hydroxyl groups excluding tert-OH is 1. The van der Waals surface area contributed by atoms with Gasteiger partial charge >= 0.3 is 0 Å². The van der Waals surface area contributed by atoms with E-state index >= 15 is 0 Å². The number of nitrogens with zero attached hydrogens (tertiary/aromatic N) is 1. The van der Waals surface area contributed by atoms with Gasteiger partial charge in [-0.2, -0.15) is 0 Å². The van der Waals surface area contributed by atoms with Crippen molar-refractivity contribution >= 4 is 10.9 Å². The summed E-state index contributed by atoms with van der Waals surface area (Å²) < 4.78 is 2.04. The van der Waals surface area contributed by atoms with Crippen LogP contribution in [0.25, 0.3) is 10.9 Å². The first-order valence-corrected chi connectivity index (χ1v) is 5.57. The molecule has 2 rings (SSSR count). The van der Waals surface area contributed by atoms with E-state index < -0.39 is 6.10 Å². The number of fused-ring (bicyclic) bond motifs is 1. The van der Waals surface area contributed by atoms with Gasteiger partial charge in [0.2, 0.25) is 0 Å². The molecule has 0 saturated carbocycles. The molecule has 16 heavy (non-hydrogen) atoms. The molecule has 3 nitrogen and oxygen atoms in total. The number of benzene rings is 1. The molecule has 0 amide bonds. The summed E-state index contributed by atoms with van der Waals surface area (Å²) in [5.74, 6) is 0. The van der Waals surface area contributed by atoms with Crippen molar-refractivity contribution < 1.29 is 5.11 Å². The second-order valence-electron chi connectivity index (χ2n) is 4.28. The monoisotopic (exact) mass is 218 g/mol. The van der Waals surface area contributed by atoms with Crippen LogP contribution in [0.3, 0.4) is 0 Å². The predicted octanol–water partition coefficient (Wildman–Crippen LogP) is 1.87. The summed E-state index contributed by atoms with van der Waals surface area (Å²) in [7, 11) is 1.98. The van der Waals surface area contributed by atoms with Gasteiger partial charge in [0.15, 0.2) is 0 Å². The fourth-order valence-electron chi connectivity index (χ4n) is 2.09. The fraction of sp³-hybridized carbons (Fsp3) is 0.385. The average molecular weight is 218 g/mol. The van der Waals surface area contributed by atoms with Crippen LogP contribution in [0.5, 0.6) is 0 Å². The second-order valence-corrected chi connectivity index (χ2v) is 4.28. The van der Waals surface area contributed by atoms with Gasteiger partial charge < -0.3 is 15.4 Å². The summed E-state index contributed by atoms with van der Waals surface area (Å²) in [4.78, 5) is 0. The fourth-order valence-corrected chi connectivity index (χ4v) is 2.09. The molecule has 0 spiro atoms. The number of aliphatic hydroxyl groups is 1. The van der Waals surface area contributed by atoms with Crippen molar-refractivity contribution in [2.75, 3.05) is 6.54 Å². The summed E-state index contributed by atoms with van der Waals surface area (Å²) in [5.41, 5.74) is 8.79. The maximum Gasteiger partial charge on any atom is 0.0952 e. The van der Waals surface area contributed by atoms with E-state index in [4.69, 9.17) is 5.73 Å². The summed E-state index contributed by atoms with van der Waals surface area (Å²) >= 11 is 0. The minimum atomic E-state index is -0.470. The third-order valence-electron chi connectivity index (χ3n) is 3.02. The Labute approximate surface area is 95.5 Å². The zero-order valence-electron chi connectivity index (χ0n) is 9.77. The van der Waals surface area contributed by atoms with E-state index in [0.29, 0.717) is 13.0 Å². The molecule has 1 aromatic heterocycles. The molecule has 1 heterocycles. The van der Waals surface area contributed by atoms with Crippen LogP contribution in [0.15, 0.2) is 24.3 Å². The Morgan fingerprint density at radius 2 is 2.12 bits per heavy atom. The maximum atomic E-state index is 9.97. The number of rotatable bonds is 3. The molecule has 2 aromatic rings. The first-order chi connectivity index (χ1) is 7.63. The molecule has 0 saturated heterocycles. The second kappa shape index (κ2) is 4.28. The Kier molecular flexibility index (Phi) is 2.99. The van der Waals surface area contributed by atoms with Gasteiger partial charge in [-0.3, -0.25) is 0 Å². The first-order valence-electron chi connectivity index (χ1n) is 5.57. The van der Waals surface area contributed by atoms with Crippen molar-refractivity contribution in [3.8, 4) is 0 Å². The zero-order chi connectivity index (χ0) is 11.7. The quantitative estimate of drug-likeness (QED) is 0.826. The molecule has 0 radical (unpaired) electrons. The summed E-state index contributed by atoms with van der Waals surface area (Å²) in [6.45, 7) is 2.57. The average Bonchev–Trinajstić information content (AvgIpc) is 2.57. The normalized spacial score (nSPS) is 13.2. The molecule has 1 atom stereocenters. The van der Waals surface area contributed by atoms with E-state index in [1.807, 2.05) is 17.7 Å². The molecule has 0 aliphatic heterocycles. The van der Waals surface area contributed by atoms with E-state index in [1.165, 1.54) is 10.9 Å². The number of nitrogens with two attached hydrogens (primary N) is 1. The van der Waals surface area contributed by atoms with Crippen LogP contribution >= 0.6 is 0 Å². The van der Waals surface area contributed by atoms with Crippen LogP contribution in [-0.4, -0.2) is 16.2 Å². The molecule has 1 aromatic carbocycles. The maximum absolute atomic E-state index is 9.97. The third-order valence-corrected chi connectivity index (χ3v) is 3.02. The SMILES string of the molecule is Cc1ccc2cc(C(O)CCN)n(C)c2c1. The number of hydrogen-bond acceptors (Lipinski definition) is 2. The molecule has 0 aliphatic carbocycles. The molecule has 1 unspecified atom stereocenters. The lowest BCUT2D eigenvalue weighted by Gasteiger charge is -2.10. The number of aryl methyl sites for hydroxylation is 2. The summed E-state index contributed by atoms with van der Waals surface area (Å²) in [6.07, 6.45) is 0.131. The van der Waals surface area contributed by atoms with Gasteiger partial charge in [0.05, 0.1) is 6.10 Å². The van der Waals surface area contributed by atoms with Gasteiger partial charge in [-0.25, -0.2) is 0 Å².